The van der Waals surface area contributed by atoms with Gasteiger partial charge in [-0.1, -0.05) is 133 Å². The van der Waals surface area contributed by atoms with E-state index in [1.165, 1.54) is 5.39 Å². The van der Waals surface area contributed by atoms with Crippen molar-refractivity contribution in [3.63, 3.8) is 0 Å². The van der Waals surface area contributed by atoms with Crippen LogP contribution < -0.4 is 15.9 Å². The average Bonchev–Trinajstić information content (AvgIpc) is 3.54. The number of rotatable bonds is 3. The number of imidazole rings is 1. The van der Waals surface area contributed by atoms with Crippen molar-refractivity contribution in [2.75, 3.05) is 0 Å². The molecule has 0 spiro atoms. The van der Waals surface area contributed by atoms with Gasteiger partial charge < -0.3 is 4.57 Å². The summed E-state index contributed by atoms with van der Waals surface area (Å²) >= 11 is 0. The fourth-order valence-corrected chi connectivity index (χ4v) is 10.5. The maximum absolute atomic E-state index is 16.6. The number of nitrogens with zero attached hydrogens (tertiary/aromatic N) is 2. The first kappa shape index (κ1) is 26.5. The molecule has 1 unspecified atom stereocenters. The molecule has 47 heavy (non-hydrogen) atoms. The first-order valence-electron chi connectivity index (χ1n) is 15.9. The molecule has 3 nitrogen and oxygen atoms in total. The van der Waals surface area contributed by atoms with Crippen molar-refractivity contribution in [1.29, 1.82) is 0 Å². The number of aromatic nitrogens is 2. The highest BCUT2D eigenvalue weighted by Crippen LogP contribution is 2.47. The summed E-state index contributed by atoms with van der Waals surface area (Å²) in [7, 11) is -3.49. The predicted octanol–water partition coefficient (Wildman–Crippen LogP) is 9.89. The third-order valence-electron chi connectivity index (χ3n) is 9.79. The van der Waals surface area contributed by atoms with E-state index in [1.54, 1.807) is 0 Å². The molecule has 1 atom stereocenters. The van der Waals surface area contributed by atoms with E-state index in [1.807, 2.05) is 18.2 Å². The first-order valence-corrected chi connectivity index (χ1v) is 17.6. The number of hydrogen-bond donors (Lipinski definition) is 0. The number of hydrogen-bond acceptors (Lipinski definition) is 2. The second-order valence-corrected chi connectivity index (χ2v) is 15.0. The van der Waals surface area contributed by atoms with Gasteiger partial charge in [-0.3, -0.25) is 4.40 Å². The molecule has 0 aliphatic rings. The smallest absolute Gasteiger partial charge is 0.171 e. The highest BCUT2D eigenvalue weighted by Gasteiger charge is 2.34. The van der Waals surface area contributed by atoms with Crippen molar-refractivity contribution in [3.8, 4) is 0 Å². The standard InChI is InChI=1S/C43H27N2OP/c46-47(32-24-22-28-10-1-2-12-31(28)26-32,33-25-23-30-21-20-29-11-3-4-13-34(29)37(30)27-33)41-19-9-15-36-35-14-5-7-17-39(35)45-40-18-8-6-16-38(40)44-43(45)42(36)41/h1-27H. The molecule has 2 heterocycles. The van der Waals surface area contributed by atoms with Crippen LogP contribution in [0.3, 0.4) is 0 Å². The van der Waals surface area contributed by atoms with Crippen LogP contribution in [-0.4, -0.2) is 9.38 Å². The highest BCUT2D eigenvalue weighted by molar-refractivity contribution is 7.85. The van der Waals surface area contributed by atoms with Gasteiger partial charge in [-0.05, 0) is 68.0 Å². The molecular weight excluding hydrogens is 591 g/mol. The van der Waals surface area contributed by atoms with E-state index in [0.717, 1.165) is 81.2 Å². The summed E-state index contributed by atoms with van der Waals surface area (Å²) < 4.78 is 18.9. The van der Waals surface area contributed by atoms with Crippen molar-refractivity contribution in [3.05, 3.63) is 164 Å². The number of benzene rings is 8. The largest absolute Gasteiger partial charge is 0.309 e. The van der Waals surface area contributed by atoms with Crippen LogP contribution in [0.4, 0.5) is 0 Å². The van der Waals surface area contributed by atoms with Gasteiger partial charge in [0, 0.05) is 26.7 Å². The van der Waals surface area contributed by atoms with Gasteiger partial charge in [-0.15, -0.1) is 0 Å². The molecule has 4 heteroatoms. The molecule has 0 aliphatic carbocycles. The van der Waals surface area contributed by atoms with Crippen LogP contribution in [-0.2, 0) is 4.57 Å². The van der Waals surface area contributed by atoms with E-state index in [-0.39, 0.29) is 0 Å². The zero-order valence-electron chi connectivity index (χ0n) is 25.3. The SMILES string of the molecule is O=P(c1ccc2ccccc2c1)(c1ccc2ccc3ccccc3c2c1)c1cccc2c3ccccc3n3c4ccccc4nc3c12. The third-order valence-corrected chi connectivity index (χ3v) is 12.9. The van der Waals surface area contributed by atoms with Crippen LogP contribution in [0.25, 0.3) is 70.7 Å². The lowest BCUT2D eigenvalue weighted by Crippen LogP contribution is -2.26. The molecule has 8 aromatic carbocycles. The molecule has 0 saturated carbocycles. The van der Waals surface area contributed by atoms with Gasteiger partial charge in [0.15, 0.2) is 7.14 Å². The van der Waals surface area contributed by atoms with Crippen LogP contribution in [0, 0.1) is 0 Å². The molecule has 2 aromatic heterocycles. The fourth-order valence-electron chi connectivity index (χ4n) is 7.58. The lowest BCUT2D eigenvalue weighted by Gasteiger charge is -2.23. The van der Waals surface area contributed by atoms with Crippen molar-refractivity contribution in [2.45, 2.75) is 0 Å². The summed E-state index contributed by atoms with van der Waals surface area (Å²) in [6.45, 7) is 0. The van der Waals surface area contributed by atoms with Gasteiger partial charge in [0.2, 0.25) is 0 Å². The molecule has 0 radical (unpaired) electrons. The van der Waals surface area contributed by atoms with Crippen LogP contribution in [0.1, 0.15) is 0 Å². The summed E-state index contributed by atoms with van der Waals surface area (Å²) in [5.41, 5.74) is 3.85. The molecule has 0 amide bonds. The molecule has 0 aliphatic heterocycles. The number of pyridine rings is 1. The number of para-hydroxylation sites is 3. The summed E-state index contributed by atoms with van der Waals surface area (Å²) in [6.07, 6.45) is 0. The topological polar surface area (TPSA) is 34.4 Å². The molecule has 220 valence electrons. The zero-order valence-corrected chi connectivity index (χ0v) is 26.2. The molecule has 0 saturated heterocycles. The van der Waals surface area contributed by atoms with E-state index < -0.39 is 7.14 Å². The van der Waals surface area contributed by atoms with Gasteiger partial charge in [0.25, 0.3) is 0 Å². The van der Waals surface area contributed by atoms with E-state index in [2.05, 4.69) is 150 Å². The molecule has 10 rings (SSSR count). The second-order valence-electron chi connectivity index (χ2n) is 12.3. The lowest BCUT2D eigenvalue weighted by atomic mass is 10.0. The normalized spacial score (nSPS) is 13.4. The van der Waals surface area contributed by atoms with E-state index in [0.29, 0.717) is 0 Å². The summed E-state index contributed by atoms with van der Waals surface area (Å²) in [6, 6.07) is 56.8. The quantitative estimate of drug-likeness (QED) is 0.146. The maximum Gasteiger partial charge on any atom is 0.171 e. The Labute approximate surface area is 270 Å². The Hall–Kier alpha value is -5.76. The lowest BCUT2D eigenvalue weighted by molar-refractivity contribution is 0.592. The van der Waals surface area contributed by atoms with Crippen molar-refractivity contribution < 1.29 is 4.57 Å². The Kier molecular flexibility index (Phi) is 5.55. The Morgan fingerprint density at radius 3 is 1.89 bits per heavy atom. The van der Waals surface area contributed by atoms with Gasteiger partial charge in [-0.2, -0.15) is 0 Å². The molecule has 0 fully saturated rings. The minimum Gasteiger partial charge on any atom is -0.309 e. The van der Waals surface area contributed by atoms with Crippen molar-refractivity contribution in [2.24, 2.45) is 0 Å². The Balaban J connectivity index is 1.40. The minimum atomic E-state index is -3.49. The summed E-state index contributed by atoms with van der Waals surface area (Å²) in [4.78, 5) is 5.24. The molecule has 0 N–H and O–H groups in total. The van der Waals surface area contributed by atoms with Gasteiger partial charge >= 0.3 is 0 Å². The van der Waals surface area contributed by atoms with Crippen LogP contribution >= 0.6 is 7.14 Å². The van der Waals surface area contributed by atoms with Gasteiger partial charge in [0.1, 0.15) is 5.65 Å². The fraction of sp³-hybridized carbons (Fsp3) is 0. The average molecular weight is 619 g/mol. The Bertz CT molecular complexity index is 2960. The molecule has 10 aromatic rings. The predicted molar refractivity (Wildman–Crippen MR) is 200 cm³/mol. The van der Waals surface area contributed by atoms with E-state index in [4.69, 9.17) is 4.98 Å². The van der Waals surface area contributed by atoms with Gasteiger partial charge in [0.05, 0.1) is 16.6 Å². The Morgan fingerprint density at radius 1 is 0.447 bits per heavy atom. The van der Waals surface area contributed by atoms with Crippen LogP contribution in [0.15, 0.2) is 164 Å². The Morgan fingerprint density at radius 2 is 1.04 bits per heavy atom. The van der Waals surface area contributed by atoms with Crippen molar-refractivity contribution in [1.82, 2.24) is 9.38 Å². The summed E-state index contributed by atoms with van der Waals surface area (Å²) in [5.74, 6) is 0. The second kappa shape index (κ2) is 9.87. The van der Waals surface area contributed by atoms with Crippen molar-refractivity contribution >= 4 is 93.7 Å². The van der Waals surface area contributed by atoms with Gasteiger partial charge in [-0.25, -0.2) is 4.98 Å². The third kappa shape index (κ3) is 3.75. The highest BCUT2D eigenvalue weighted by atomic mass is 31.2. The van der Waals surface area contributed by atoms with E-state index >= 15 is 4.57 Å². The summed E-state index contributed by atoms with van der Waals surface area (Å²) in [5, 5.41) is 12.2. The zero-order chi connectivity index (χ0) is 31.1. The maximum atomic E-state index is 16.6. The monoisotopic (exact) mass is 618 g/mol. The van der Waals surface area contributed by atoms with Crippen LogP contribution in [0.2, 0.25) is 0 Å². The minimum absolute atomic E-state index is 0.802. The molecule has 0 bridgehead atoms. The van der Waals surface area contributed by atoms with E-state index in [9.17, 15) is 0 Å². The first-order chi connectivity index (χ1) is 23.2. The van der Waals surface area contributed by atoms with Crippen LogP contribution in [0.5, 0.6) is 0 Å². The molecular formula is C43H27N2OP. The number of fused-ring (bicyclic) bond motifs is 12.